The molecule has 2 aliphatic heterocycles. The van der Waals surface area contributed by atoms with Gasteiger partial charge < -0.3 is 14.8 Å². The van der Waals surface area contributed by atoms with Crippen LogP contribution in [0.5, 0.6) is 0 Å². The monoisotopic (exact) mass is 394 g/mol. The number of nitrogens with zero attached hydrogens (tertiary/aromatic N) is 1. The van der Waals surface area contributed by atoms with Crippen LogP contribution in [0.4, 0.5) is 0 Å². The van der Waals surface area contributed by atoms with Gasteiger partial charge in [-0.15, -0.1) is 0 Å². The zero-order valence-corrected chi connectivity index (χ0v) is 16.9. The highest BCUT2D eigenvalue weighted by Gasteiger charge is 2.40. The molecule has 2 saturated heterocycles. The van der Waals surface area contributed by atoms with Gasteiger partial charge >= 0.3 is 0 Å². The predicted octanol–water partition coefficient (Wildman–Crippen LogP) is 3.63. The summed E-state index contributed by atoms with van der Waals surface area (Å²) in [5.41, 5.74) is 3.10. The Bertz CT molecular complexity index is 797. The number of benzene rings is 1. The Hall–Kier alpha value is -2.24. The van der Waals surface area contributed by atoms with Crippen LogP contribution in [0, 0.1) is 11.3 Å². The normalized spacial score (nSPS) is 21.4. The Balaban J connectivity index is 1.48. The van der Waals surface area contributed by atoms with E-state index in [0.717, 1.165) is 56.4 Å². The SMILES string of the molecule is O=C(NCC1CCCOC1)C1(Cc2cccc(-c3ccncc3)c2)CCOCC1. The predicted molar refractivity (Wildman–Crippen MR) is 112 cm³/mol. The van der Waals surface area contributed by atoms with Crippen LogP contribution >= 0.6 is 0 Å². The molecule has 29 heavy (non-hydrogen) atoms. The van der Waals surface area contributed by atoms with Gasteiger partial charge in [0.15, 0.2) is 0 Å². The molecule has 0 saturated carbocycles. The Labute approximate surface area is 172 Å². The topological polar surface area (TPSA) is 60.5 Å². The van der Waals surface area contributed by atoms with E-state index in [4.69, 9.17) is 9.47 Å². The molecule has 1 amide bonds. The largest absolute Gasteiger partial charge is 0.381 e. The average Bonchev–Trinajstić information content (AvgIpc) is 2.79. The van der Waals surface area contributed by atoms with Crippen molar-refractivity contribution in [1.29, 1.82) is 0 Å². The first-order chi connectivity index (χ1) is 14.3. The van der Waals surface area contributed by atoms with E-state index < -0.39 is 5.41 Å². The molecule has 1 aromatic carbocycles. The van der Waals surface area contributed by atoms with Crippen LogP contribution in [0.3, 0.4) is 0 Å². The second kappa shape index (κ2) is 9.51. The fourth-order valence-electron chi connectivity index (χ4n) is 4.44. The standard InChI is InChI=1S/C24H30N2O3/c27-23(26-17-20-4-2-12-29-18-20)24(8-13-28-14-9-24)16-19-3-1-5-22(15-19)21-6-10-25-11-7-21/h1,3,5-7,10-11,15,20H,2,4,8-9,12-14,16-18H2,(H,26,27). The Morgan fingerprint density at radius 1 is 1.07 bits per heavy atom. The quantitative estimate of drug-likeness (QED) is 0.813. The van der Waals surface area contributed by atoms with Gasteiger partial charge in [0.05, 0.1) is 12.0 Å². The average molecular weight is 395 g/mol. The number of amides is 1. The minimum Gasteiger partial charge on any atom is -0.381 e. The number of carbonyl (C=O) groups is 1. The molecular weight excluding hydrogens is 364 g/mol. The van der Waals surface area contributed by atoms with Crippen LogP contribution in [0.2, 0.25) is 0 Å². The van der Waals surface area contributed by atoms with Crippen LogP contribution < -0.4 is 5.32 Å². The molecule has 2 aromatic rings. The fraction of sp³-hybridized carbons (Fsp3) is 0.500. The minimum atomic E-state index is -0.398. The second-order valence-corrected chi connectivity index (χ2v) is 8.30. The molecule has 1 aromatic heterocycles. The molecule has 1 atom stereocenters. The number of aromatic nitrogens is 1. The van der Waals surface area contributed by atoms with Crippen molar-refractivity contribution < 1.29 is 14.3 Å². The van der Waals surface area contributed by atoms with Gasteiger partial charge in [-0.05, 0) is 66.8 Å². The van der Waals surface area contributed by atoms with Crippen molar-refractivity contribution in [2.24, 2.45) is 11.3 Å². The maximum Gasteiger partial charge on any atom is 0.226 e. The van der Waals surface area contributed by atoms with E-state index in [-0.39, 0.29) is 5.91 Å². The number of carbonyl (C=O) groups excluding carboxylic acids is 1. The summed E-state index contributed by atoms with van der Waals surface area (Å²) >= 11 is 0. The number of rotatable bonds is 6. The molecule has 1 N–H and O–H groups in total. The van der Waals surface area contributed by atoms with Gasteiger partial charge in [0.25, 0.3) is 0 Å². The minimum absolute atomic E-state index is 0.167. The van der Waals surface area contributed by atoms with Crippen LogP contribution in [0.1, 0.15) is 31.2 Å². The van der Waals surface area contributed by atoms with E-state index in [0.29, 0.717) is 25.7 Å². The molecule has 2 aliphatic rings. The molecule has 5 nitrogen and oxygen atoms in total. The smallest absolute Gasteiger partial charge is 0.226 e. The van der Waals surface area contributed by atoms with Gasteiger partial charge in [-0.1, -0.05) is 24.3 Å². The first-order valence-electron chi connectivity index (χ1n) is 10.7. The molecule has 0 spiro atoms. The number of hydrogen-bond acceptors (Lipinski definition) is 4. The van der Waals surface area contributed by atoms with E-state index in [2.05, 4.69) is 34.6 Å². The van der Waals surface area contributed by atoms with E-state index in [1.807, 2.05) is 24.5 Å². The van der Waals surface area contributed by atoms with E-state index >= 15 is 0 Å². The Morgan fingerprint density at radius 3 is 2.66 bits per heavy atom. The first kappa shape index (κ1) is 20.0. The van der Waals surface area contributed by atoms with Crippen molar-refractivity contribution in [3.05, 3.63) is 54.4 Å². The molecule has 2 fully saturated rings. The zero-order chi connectivity index (χ0) is 19.9. The molecular formula is C24H30N2O3. The summed E-state index contributed by atoms with van der Waals surface area (Å²) in [4.78, 5) is 17.4. The summed E-state index contributed by atoms with van der Waals surface area (Å²) in [5.74, 6) is 0.597. The zero-order valence-electron chi connectivity index (χ0n) is 16.9. The molecule has 4 rings (SSSR count). The number of ether oxygens (including phenoxy) is 2. The first-order valence-corrected chi connectivity index (χ1v) is 10.7. The number of pyridine rings is 1. The lowest BCUT2D eigenvalue weighted by atomic mass is 9.74. The van der Waals surface area contributed by atoms with Gasteiger partial charge in [0, 0.05) is 38.8 Å². The third-order valence-corrected chi connectivity index (χ3v) is 6.22. The lowest BCUT2D eigenvalue weighted by Crippen LogP contribution is -2.47. The Morgan fingerprint density at radius 2 is 1.90 bits per heavy atom. The highest BCUT2D eigenvalue weighted by Crippen LogP contribution is 2.36. The molecule has 3 heterocycles. The number of nitrogens with one attached hydrogen (secondary N) is 1. The molecule has 154 valence electrons. The summed E-state index contributed by atoms with van der Waals surface area (Å²) < 4.78 is 11.2. The third-order valence-electron chi connectivity index (χ3n) is 6.22. The molecule has 5 heteroatoms. The maximum absolute atomic E-state index is 13.3. The summed E-state index contributed by atoms with van der Waals surface area (Å²) in [7, 11) is 0. The lowest BCUT2D eigenvalue weighted by molar-refractivity contribution is -0.137. The van der Waals surface area contributed by atoms with Crippen molar-refractivity contribution >= 4 is 5.91 Å². The lowest BCUT2D eigenvalue weighted by Gasteiger charge is -2.36. The van der Waals surface area contributed by atoms with E-state index in [1.54, 1.807) is 0 Å². The van der Waals surface area contributed by atoms with E-state index in [9.17, 15) is 4.79 Å². The summed E-state index contributed by atoms with van der Waals surface area (Å²) in [6, 6.07) is 12.6. The highest BCUT2D eigenvalue weighted by molar-refractivity contribution is 5.83. The molecule has 1 unspecified atom stereocenters. The summed E-state index contributed by atoms with van der Waals surface area (Å²) in [5, 5.41) is 3.25. The van der Waals surface area contributed by atoms with Crippen molar-refractivity contribution in [3.63, 3.8) is 0 Å². The molecule has 0 aliphatic carbocycles. The second-order valence-electron chi connectivity index (χ2n) is 8.30. The van der Waals surface area contributed by atoms with Crippen LogP contribution in [-0.4, -0.2) is 43.9 Å². The van der Waals surface area contributed by atoms with Crippen LogP contribution in [-0.2, 0) is 20.7 Å². The van der Waals surface area contributed by atoms with Gasteiger partial charge in [-0.3, -0.25) is 9.78 Å². The highest BCUT2D eigenvalue weighted by atomic mass is 16.5. The van der Waals surface area contributed by atoms with Crippen LogP contribution in [0.15, 0.2) is 48.8 Å². The fourth-order valence-corrected chi connectivity index (χ4v) is 4.44. The van der Waals surface area contributed by atoms with Gasteiger partial charge in [-0.25, -0.2) is 0 Å². The van der Waals surface area contributed by atoms with Crippen molar-refractivity contribution in [2.45, 2.75) is 32.1 Å². The molecule has 0 radical (unpaired) electrons. The van der Waals surface area contributed by atoms with Crippen molar-refractivity contribution in [3.8, 4) is 11.1 Å². The number of hydrogen-bond donors (Lipinski definition) is 1. The molecule has 0 bridgehead atoms. The summed E-state index contributed by atoms with van der Waals surface area (Å²) in [6.07, 6.45) is 8.10. The third kappa shape index (κ3) is 5.03. The van der Waals surface area contributed by atoms with Crippen molar-refractivity contribution in [2.75, 3.05) is 33.0 Å². The van der Waals surface area contributed by atoms with Crippen LogP contribution in [0.25, 0.3) is 11.1 Å². The van der Waals surface area contributed by atoms with Crippen molar-refractivity contribution in [1.82, 2.24) is 10.3 Å². The van der Waals surface area contributed by atoms with Gasteiger partial charge in [-0.2, -0.15) is 0 Å². The summed E-state index contributed by atoms with van der Waals surface area (Å²) in [6.45, 7) is 3.59. The Kier molecular flexibility index (Phi) is 6.57. The van der Waals surface area contributed by atoms with Gasteiger partial charge in [0.2, 0.25) is 5.91 Å². The van der Waals surface area contributed by atoms with Gasteiger partial charge in [0.1, 0.15) is 0 Å². The maximum atomic E-state index is 13.3. The van der Waals surface area contributed by atoms with E-state index in [1.165, 1.54) is 5.56 Å².